The molecule has 0 saturated heterocycles. The average molecular weight is 271 g/mol. The highest BCUT2D eigenvalue weighted by molar-refractivity contribution is 6.29. The fourth-order valence-corrected chi connectivity index (χ4v) is 2.54. The van der Waals surface area contributed by atoms with Gasteiger partial charge in [-0.05, 0) is 25.0 Å². The molecule has 1 saturated carbocycles. The van der Waals surface area contributed by atoms with Gasteiger partial charge in [0.15, 0.2) is 0 Å². The maximum Gasteiger partial charge on any atom is 0.335 e. The van der Waals surface area contributed by atoms with Crippen LogP contribution in [0.5, 0.6) is 0 Å². The fraction of sp³-hybridized carbons (Fsp3) is 0.500. The molecule has 98 valence electrons. The lowest BCUT2D eigenvalue weighted by atomic mass is 9.99. The molecule has 1 aromatic heterocycles. The van der Waals surface area contributed by atoms with Crippen molar-refractivity contribution in [3.63, 3.8) is 0 Å². The monoisotopic (exact) mass is 270 g/mol. The zero-order valence-electron chi connectivity index (χ0n) is 9.82. The summed E-state index contributed by atoms with van der Waals surface area (Å²) in [7, 11) is 0. The minimum Gasteiger partial charge on any atom is -0.478 e. The van der Waals surface area contributed by atoms with Crippen LogP contribution in [0.4, 0.5) is 5.82 Å². The van der Waals surface area contributed by atoms with Gasteiger partial charge in [0.05, 0.1) is 17.7 Å². The third-order valence-electron chi connectivity index (χ3n) is 3.30. The van der Waals surface area contributed by atoms with E-state index in [9.17, 15) is 9.90 Å². The van der Waals surface area contributed by atoms with Gasteiger partial charge in [-0.1, -0.05) is 24.4 Å². The van der Waals surface area contributed by atoms with E-state index in [1.807, 2.05) is 0 Å². The number of anilines is 1. The Morgan fingerprint density at radius 1 is 1.44 bits per heavy atom. The molecule has 1 heterocycles. The Hall–Kier alpha value is -1.33. The Labute approximate surface area is 110 Å². The van der Waals surface area contributed by atoms with E-state index in [1.165, 1.54) is 12.1 Å². The Balaban J connectivity index is 2.25. The summed E-state index contributed by atoms with van der Waals surface area (Å²) in [6.45, 7) is 0.00357. The van der Waals surface area contributed by atoms with Crippen molar-refractivity contribution >= 4 is 23.4 Å². The molecule has 0 spiro atoms. The molecular formula is C12H15ClN2O3. The van der Waals surface area contributed by atoms with Crippen LogP contribution in [0.15, 0.2) is 12.1 Å². The molecule has 0 radical (unpaired) electrons. The molecule has 1 aromatic rings. The molecule has 0 amide bonds. The van der Waals surface area contributed by atoms with Crippen molar-refractivity contribution in [3.05, 3.63) is 22.8 Å². The second-order valence-electron chi connectivity index (χ2n) is 4.64. The summed E-state index contributed by atoms with van der Waals surface area (Å²) in [5, 5.41) is 21.7. The number of hydrogen-bond acceptors (Lipinski definition) is 4. The molecule has 0 aromatic carbocycles. The highest BCUT2D eigenvalue weighted by Crippen LogP contribution is 2.32. The van der Waals surface area contributed by atoms with E-state index in [2.05, 4.69) is 10.3 Å². The van der Waals surface area contributed by atoms with Crippen LogP contribution in [0.25, 0.3) is 0 Å². The number of nitrogens with one attached hydrogen (secondary N) is 1. The number of aliphatic hydroxyl groups excluding tert-OH is 1. The van der Waals surface area contributed by atoms with Gasteiger partial charge >= 0.3 is 5.97 Å². The second-order valence-corrected chi connectivity index (χ2v) is 5.03. The highest BCUT2D eigenvalue weighted by atomic mass is 35.5. The molecule has 2 rings (SSSR count). The lowest BCUT2D eigenvalue weighted by Crippen LogP contribution is -2.39. The lowest BCUT2D eigenvalue weighted by molar-refractivity contribution is 0.0697. The van der Waals surface area contributed by atoms with Crippen molar-refractivity contribution in [3.8, 4) is 0 Å². The topological polar surface area (TPSA) is 82.5 Å². The smallest absolute Gasteiger partial charge is 0.335 e. The summed E-state index contributed by atoms with van der Waals surface area (Å²) in [5.74, 6) is -0.650. The number of aliphatic hydroxyl groups is 1. The van der Waals surface area contributed by atoms with E-state index in [1.54, 1.807) is 0 Å². The summed E-state index contributed by atoms with van der Waals surface area (Å²) >= 11 is 5.79. The van der Waals surface area contributed by atoms with Crippen LogP contribution in [0.2, 0.25) is 5.15 Å². The Morgan fingerprint density at radius 3 is 2.67 bits per heavy atom. The molecule has 1 aliphatic rings. The number of hydrogen-bond donors (Lipinski definition) is 3. The molecule has 0 atom stereocenters. The first-order valence-electron chi connectivity index (χ1n) is 5.85. The number of carboxylic acids is 1. The molecule has 0 bridgehead atoms. The first kappa shape index (κ1) is 13.1. The third-order valence-corrected chi connectivity index (χ3v) is 3.49. The maximum atomic E-state index is 10.9. The van der Waals surface area contributed by atoms with Crippen molar-refractivity contribution in [1.82, 2.24) is 4.98 Å². The molecule has 3 N–H and O–H groups in total. The standard InChI is InChI=1S/C12H15ClN2O3/c13-9-5-8(11(17)18)6-10(14-9)15-12(7-16)3-1-2-4-12/h5-6,16H,1-4,7H2,(H,14,15)(H,17,18). The number of nitrogens with zero attached hydrogens (tertiary/aromatic N) is 1. The number of carbonyl (C=O) groups is 1. The van der Waals surface area contributed by atoms with Crippen LogP contribution < -0.4 is 5.32 Å². The molecule has 0 aliphatic heterocycles. The summed E-state index contributed by atoms with van der Waals surface area (Å²) in [6.07, 6.45) is 3.78. The minimum absolute atomic E-state index is 0.00357. The van der Waals surface area contributed by atoms with Gasteiger partial charge in [0.1, 0.15) is 11.0 Å². The normalized spacial score (nSPS) is 17.7. The van der Waals surface area contributed by atoms with E-state index in [0.717, 1.165) is 25.7 Å². The van der Waals surface area contributed by atoms with Crippen LogP contribution in [0, 0.1) is 0 Å². The van der Waals surface area contributed by atoms with E-state index in [4.69, 9.17) is 16.7 Å². The first-order valence-corrected chi connectivity index (χ1v) is 6.22. The number of aromatic nitrogens is 1. The van der Waals surface area contributed by atoms with E-state index < -0.39 is 11.5 Å². The number of rotatable bonds is 4. The Bertz CT molecular complexity index is 459. The number of aromatic carboxylic acids is 1. The van der Waals surface area contributed by atoms with Crippen molar-refractivity contribution in [2.45, 2.75) is 31.2 Å². The molecule has 1 aliphatic carbocycles. The van der Waals surface area contributed by atoms with Gasteiger partial charge in [-0.3, -0.25) is 0 Å². The van der Waals surface area contributed by atoms with Gasteiger partial charge in [0.25, 0.3) is 0 Å². The summed E-state index contributed by atoms with van der Waals surface area (Å²) in [4.78, 5) is 15.0. The van der Waals surface area contributed by atoms with Gasteiger partial charge in [-0.25, -0.2) is 9.78 Å². The van der Waals surface area contributed by atoms with Crippen molar-refractivity contribution in [1.29, 1.82) is 0 Å². The molecule has 5 nitrogen and oxygen atoms in total. The average Bonchev–Trinajstić information content (AvgIpc) is 2.77. The largest absolute Gasteiger partial charge is 0.478 e. The predicted octanol–water partition coefficient (Wildman–Crippen LogP) is 2.15. The highest BCUT2D eigenvalue weighted by Gasteiger charge is 2.33. The second kappa shape index (κ2) is 5.12. The van der Waals surface area contributed by atoms with Crippen LogP contribution in [-0.2, 0) is 0 Å². The van der Waals surface area contributed by atoms with Crippen LogP contribution in [0.1, 0.15) is 36.0 Å². The fourth-order valence-electron chi connectivity index (χ4n) is 2.33. The third kappa shape index (κ3) is 2.73. The Morgan fingerprint density at radius 2 is 2.11 bits per heavy atom. The predicted molar refractivity (Wildman–Crippen MR) is 68.1 cm³/mol. The maximum absolute atomic E-state index is 10.9. The molecular weight excluding hydrogens is 256 g/mol. The van der Waals surface area contributed by atoms with Gasteiger partial charge in [-0.15, -0.1) is 0 Å². The first-order chi connectivity index (χ1) is 8.54. The molecule has 6 heteroatoms. The van der Waals surface area contributed by atoms with E-state index in [0.29, 0.717) is 5.82 Å². The van der Waals surface area contributed by atoms with Crippen molar-refractivity contribution in [2.75, 3.05) is 11.9 Å². The molecule has 18 heavy (non-hydrogen) atoms. The van der Waals surface area contributed by atoms with Crippen LogP contribution >= 0.6 is 11.6 Å². The zero-order valence-corrected chi connectivity index (χ0v) is 10.6. The number of pyridine rings is 1. The van der Waals surface area contributed by atoms with E-state index >= 15 is 0 Å². The SMILES string of the molecule is O=C(O)c1cc(Cl)nc(NC2(CO)CCCC2)c1. The summed E-state index contributed by atoms with van der Waals surface area (Å²) in [5.41, 5.74) is -0.309. The summed E-state index contributed by atoms with van der Waals surface area (Å²) < 4.78 is 0. The minimum atomic E-state index is -1.05. The van der Waals surface area contributed by atoms with Gasteiger partial charge < -0.3 is 15.5 Å². The van der Waals surface area contributed by atoms with Crippen molar-refractivity contribution in [2.24, 2.45) is 0 Å². The molecule has 0 unspecified atom stereocenters. The van der Waals surface area contributed by atoms with Gasteiger partial charge in [-0.2, -0.15) is 0 Å². The molecule has 1 fully saturated rings. The van der Waals surface area contributed by atoms with Crippen LogP contribution in [0.3, 0.4) is 0 Å². The summed E-state index contributed by atoms with van der Waals surface area (Å²) in [6, 6.07) is 2.74. The lowest BCUT2D eigenvalue weighted by Gasteiger charge is -2.28. The van der Waals surface area contributed by atoms with Crippen molar-refractivity contribution < 1.29 is 15.0 Å². The van der Waals surface area contributed by atoms with Gasteiger partial charge in [0, 0.05) is 0 Å². The number of halogens is 1. The van der Waals surface area contributed by atoms with E-state index in [-0.39, 0.29) is 17.3 Å². The van der Waals surface area contributed by atoms with Crippen LogP contribution in [-0.4, -0.2) is 33.3 Å². The van der Waals surface area contributed by atoms with Gasteiger partial charge in [0.2, 0.25) is 0 Å². The zero-order chi connectivity index (χ0) is 13.2. The number of carboxylic acid groups (broad SMARTS) is 1. The Kier molecular flexibility index (Phi) is 3.73. The quantitative estimate of drug-likeness (QED) is 0.730.